The van der Waals surface area contributed by atoms with E-state index in [4.69, 9.17) is 18.9 Å². The van der Waals surface area contributed by atoms with E-state index in [1.807, 2.05) is 30.3 Å². The number of fused-ring (bicyclic) bond motifs is 1. The molecule has 2 heterocycles. The Morgan fingerprint density at radius 3 is 2.77 bits per heavy atom. The van der Waals surface area contributed by atoms with E-state index < -0.39 is 36.4 Å². The van der Waals surface area contributed by atoms with Crippen molar-refractivity contribution in [1.29, 1.82) is 0 Å². The standard InChI is InChI=1S/C19H27NO6/c1-12(21)20-15-16(22)17-14(11-24-19(2,3)26-17)25-18(15)23-10-9-13-7-5-4-6-8-13/h4-8,14-18,22H,9-11H2,1-3H3,(H,20,21)/t14-,15+,16-,17+,18-/m1/s1. The summed E-state index contributed by atoms with van der Waals surface area (Å²) < 4.78 is 23.3. The third-order valence-electron chi connectivity index (χ3n) is 4.57. The van der Waals surface area contributed by atoms with E-state index in [0.717, 1.165) is 5.56 Å². The van der Waals surface area contributed by atoms with Crippen LogP contribution < -0.4 is 5.32 Å². The van der Waals surface area contributed by atoms with Crippen LogP contribution >= 0.6 is 0 Å². The molecule has 0 unspecified atom stereocenters. The summed E-state index contributed by atoms with van der Waals surface area (Å²) in [4.78, 5) is 11.6. The minimum atomic E-state index is -0.956. The largest absolute Gasteiger partial charge is 0.388 e. The van der Waals surface area contributed by atoms with Gasteiger partial charge in [-0.2, -0.15) is 0 Å². The van der Waals surface area contributed by atoms with Gasteiger partial charge in [-0.05, 0) is 25.8 Å². The molecule has 0 bridgehead atoms. The fraction of sp³-hybridized carbons (Fsp3) is 0.632. The van der Waals surface area contributed by atoms with Gasteiger partial charge >= 0.3 is 0 Å². The zero-order valence-corrected chi connectivity index (χ0v) is 15.4. The number of aliphatic hydroxyl groups is 1. The van der Waals surface area contributed by atoms with Gasteiger partial charge in [0.15, 0.2) is 12.1 Å². The molecule has 2 fully saturated rings. The Hall–Kier alpha value is -1.51. The molecule has 2 aliphatic rings. The van der Waals surface area contributed by atoms with Crippen molar-refractivity contribution in [3.05, 3.63) is 35.9 Å². The smallest absolute Gasteiger partial charge is 0.217 e. The molecular weight excluding hydrogens is 338 g/mol. The highest BCUT2D eigenvalue weighted by Gasteiger charge is 2.51. The maximum absolute atomic E-state index is 11.6. The molecule has 1 amide bonds. The summed E-state index contributed by atoms with van der Waals surface area (Å²) in [6, 6.07) is 9.23. The van der Waals surface area contributed by atoms with Crippen molar-refractivity contribution < 1.29 is 28.8 Å². The van der Waals surface area contributed by atoms with Crippen LogP contribution in [0.4, 0.5) is 0 Å². The molecule has 2 aliphatic heterocycles. The molecule has 0 aromatic heterocycles. The summed E-state index contributed by atoms with van der Waals surface area (Å²) >= 11 is 0. The van der Waals surface area contributed by atoms with Gasteiger partial charge in [0.05, 0.1) is 13.2 Å². The van der Waals surface area contributed by atoms with Gasteiger partial charge in [0, 0.05) is 6.92 Å². The van der Waals surface area contributed by atoms with Crippen LogP contribution in [-0.4, -0.2) is 60.7 Å². The first-order valence-electron chi connectivity index (χ1n) is 8.94. The second-order valence-corrected chi connectivity index (χ2v) is 7.16. The molecule has 0 radical (unpaired) electrons. The molecule has 5 atom stereocenters. The molecule has 26 heavy (non-hydrogen) atoms. The van der Waals surface area contributed by atoms with E-state index >= 15 is 0 Å². The fourth-order valence-electron chi connectivity index (χ4n) is 3.31. The number of aliphatic hydroxyl groups excluding tert-OH is 1. The van der Waals surface area contributed by atoms with Crippen LogP contribution in [0.25, 0.3) is 0 Å². The van der Waals surface area contributed by atoms with Gasteiger partial charge < -0.3 is 29.4 Å². The van der Waals surface area contributed by atoms with Gasteiger partial charge in [0.1, 0.15) is 24.4 Å². The van der Waals surface area contributed by atoms with E-state index in [1.54, 1.807) is 13.8 Å². The Balaban J connectivity index is 1.66. The molecule has 0 spiro atoms. The van der Waals surface area contributed by atoms with Crippen LogP contribution in [0.3, 0.4) is 0 Å². The number of ether oxygens (including phenoxy) is 4. The highest BCUT2D eigenvalue weighted by atomic mass is 16.8. The third-order valence-corrected chi connectivity index (χ3v) is 4.57. The second-order valence-electron chi connectivity index (χ2n) is 7.16. The quantitative estimate of drug-likeness (QED) is 0.809. The van der Waals surface area contributed by atoms with Crippen molar-refractivity contribution in [3.8, 4) is 0 Å². The molecule has 7 heteroatoms. The average Bonchev–Trinajstić information content (AvgIpc) is 2.59. The molecule has 1 aromatic carbocycles. The fourth-order valence-corrected chi connectivity index (χ4v) is 3.31. The Labute approximate surface area is 153 Å². The Morgan fingerprint density at radius 2 is 2.08 bits per heavy atom. The van der Waals surface area contributed by atoms with Crippen LogP contribution in [-0.2, 0) is 30.2 Å². The summed E-state index contributed by atoms with van der Waals surface area (Å²) in [5, 5.41) is 13.5. The lowest BCUT2D eigenvalue weighted by Gasteiger charge is -2.49. The molecule has 0 aliphatic carbocycles. The monoisotopic (exact) mass is 365 g/mol. The minimum absolute atomic E-state index is 0.265. The Morgan fingerprint density at radius 1 is 1.35 bits per heavy atom. The van der Waals surface area contributed by atoms with Crippen molar-refractivity contribution in [2.24, 2.45) is 0 Å². The Bertz CT molecular complexity index is 607. The van der Waals surface area contributed by atoms with Crippen molar-refractivity contribution in [1.82, 2.24) is 5.32 Å². The second kappa shape index (κ2) is 8.02. The topological polar surface area (TPSA) is 86.3 Å². The third kappa shape index (κ3) is 4.61. The molecule has 2 N–H and O–H groups in total. The van der Waals surface area contributed by atoms with Crippen LogP contribution in [0.15, 0.2) is 30.3 Å². The van der Waals surface area contributed by atoms with E-state index in [2.05, 4.69) is 5.32 Å². The SMILES string of the molecule is CC(=O)N[C@@H]1[C@H](OCCc2ccccc2)O[C@@H]2COC(C)(C)O[C@@H]2[C@@H]1O. The number of benzene rings is 1. The van der Waals surface area contributed by atoms with Crippen LogP contribution in [0.5, 0.6) is 0 Å². The number of rotatable bonds is 5. The predicted molar refractivity (Wildman–Crippen MR) is 93.3 cm³/mol. The van der Waals surface area contributed by atoms with Crippen molar-refractivity contribution in [2.45, 2.75) is 63.6 Å². The normalized spacial score (nSPS) is 33.3. The molecular formula is C19H27NO6. The zero-order valence-electron chi connectivity index (χ0n) is 15.4. The van der Waals surface area contributed by atoms with Crippen molar-refractivity contribution in [3.63, 3.8) is 0 Å². The number of hydrogen-bond acceptors (Lipinski definition) is 6. The lowest BCUT2D eigenvalue weighted by molar-refractivity contribution is -0.368. The minimum Gasteiger partial charge on any atom is -0.388 e. The highest BCUT2D eigenvalue weighted by molar-refractivity contribution is 5.73. The average molecular weight is 365 g/mol. The van der Waals surface area contributed by atoms with Crippen LogP contribution in [0, 0.1) is 0 Å². The van der Waals surface area contributed by atoms with Gasteiger partial charge in [-0.15, -0.1) is 0 Å². The van der Waals surface area contributed by atoms with E-state index in [0.29, 0.717) is 19.6 Å². The maximum atomic E-state index is 11.6. The number of hydrogen-bond donors (Lipinski definition) is 2. The predicted octanol–water partition coefficient (Wildman–Crippen LogP) is 0.988. The molecule has 2 saturated heterocycles. The zero-order chi connectivity index (χ0) is 18.7. The number of nitrogens with one attached hydrogen (secondary N) is 1. The maximum Gasteiger partial charge on any atom is 0.217 e. The Kier molecular flexibility index (Phi) is 5.94. The first kappa shape index (κ1) is 19.3. The molecule has 0 saturated carbocycles. The number of carbonyl (C=O) groups excluding carboxylic acids is 1. The van der Waals surface area contributed by atoms with Crippen molar-refractivity contribution in [2.75, 3.05) is 13.2 Å². The van der Waals surface area contributed by atoms with Gasteiger partial charge in [-0.3, -0.25) is 4.79 Å². The number of carbonyl (C=O) groups is 1. The number of amides is 1. The molecule has 3 rings (SSSR count). The van der Waals surface area contributed by atoms with Crippen LogP contribution in [0.2, 0.25) is 0 Å². The van der Waals surface area contributed by atoms with Crippen molar-refractivity contribution >= 4 is 5.91 Å². The summed E-state index contributed by atoms with van der Waals surface area (Å²) in [5.41, 5.74) is 1.14. The van der Waals surface area contributed by atoms with E-state index in [-0.39, 0.29) is 5.91 Å². The van der Waals surface area contributed by atoms with Gasteiger partial charge in [0.25, 0.3) is 0 Å². The summed E-state index contributed by atoms with van der Waals surface area (Å²) in [6.07, 6.45) is -2.07. The molecule has 1 aromatic rings. The van der Waals surface area contributed by atoms with Gasteiger partial charge in [-0.25, -0.2) is 0 Å². The lowest BCUT2D eigenvalue weighted by atomic mass is 9.95. The van der Waals surface area contributed by atoms with E-state index in [1.165, 1.54) is 6.92 Å². The molecule has 7 nitrogen and oxygen atoms in total. The molecule has 144 valence electrons. The summed E-state index contributed by atoms with van der Waals surface area (Å²) in [7, 11) is 0. The van der Waals surface area contributed by atoms with E-state index in [9.17, 15) is 9.90 Å². The first-order chi connectivity index (χ1) is 12.4. The summed E-state index contributed by atoms with van der Waals surface area (Å²) in [6.45, 7) is 5.66. The lowest BCUT2D eigenvalue weighted by Crippen LogP contribution is -2.68. The van der Waals surface area contributed by atoms with Gasteiger partial charge in [-0.1, -0.05) is 30.3 Å². The van der Waals surface area contributed by atoms with Gasteiger partial charge in [0.2, 0.25) is 5.91 Å². The first-order valence-corrected chi connectivity index (χ1v) is 8.94. The summed E-state index contributed by atoms with van der Waals surface area (Å²) in [5.74, 6) is -1.08. The van der Waals surface area contributed by atoms with Crippen LogP contribution in [0.1, 0.15) is 26.3 Å². The highest BCUT2D eigenvalue weighted by Crippen LogP contribution is 2.32.